The molecular formula is C42H74N2O15. The average molecular weight is 847 g/mol. The molecule has 18 atom stereocenters. The Morgan fingerprint density at radius 1 is 0.983 bits per heavy atom. The van der Waals surface area contributed by atoms with Crippen LogP contribution in [0.1, 0.15) is 94.9 Å². The van der Waals surface area contributed by atoms with E-state index in [1.807, 2.05) is 25.9 Å². The van der Waals surface area contributed by atoms with E-state index in [9.17, 15) is 30.0 Å². The van der Waals surface area contributed by atoms with Crippen molar-refractivity contribution in [2.75, 3.05) is 35.1 Å². The molecule has 3 rings (SSSR count). The standard InChI is InChI=1S/C42H74N2O15/c1-16-29-42(11,50)35(47)24(5)32(43-53-21-51-14)22(3)19-40(9,49)36(59-39-33(46)28(44(12)13)18-23(4)54-39)25(6)34(26(7)38(48)56-29)58-31-20-41(10,52-15)37(27(8)55-31)57-30(45)17-2/h17,22-29,31,33-37,39,46-47,49-50H,2,16,18-21H2,1,3-15H3/b43-32+/t22-,23-,24+,25+,26-,27+,28+,29-,31+,33-,34+,35-,36-,37+,39+,40-,41-,42-/m1/s1. The van der Waals surface area contributed by atoms with E-state index in [1.165, 1.54) is 21.1 Å². The van der Waals surface area contributed by atoms with Crippen molar-refractivity contribution < 1.29 is 72.7 Å². The Kier molecular flexibility index (Phi) is 18.3. The molecule has 59 heavy (non-hydrogen) atoms. The maximum absolute atomic E-state index is 14.4. The molecule has 0 aromatic carbocycles. The third-order valence-corrected chi connectivity index (χ3v) is 12.6. The fraction of sp³-hybridized carbons (Fsp3) is 0.881. The SMILES string of the molecule is C=CC(=O)O[C@H]1[C@H](C)O[C@@H](O[C@H]2[C@H](C)[C@@H](O[C@@H]3O[C@H](C)C[C@H](N(C)C)[C@H]3O)[C@](C)(O)C[C@@H](C)/C(=N\OCOC)[C@H](C)[C@@H](O)[C@](C)(O)[C@@H](CC)OC(=O)[C@@H]2C)C[C@@]1(C)OC. The highest BCUT2D eigenvalue weighted by Gasteiger charge is 2.54. The summed E-state index contributed by atoms with van der Waals surface area (Å²) < 4.78 is 48.8. The summed E-state index contributed by atoms with van der Waals surface area (Å²) in [7, 11) is 6.62. The van der Waals surface area contributed by atoms with Crippen molar-refractivity contribution in [2.45, 2.75) is 179 Å². The number of carbonyl (C=O) groups excluding carboxylic acids is 2. The number of hydrogen-bond acceptors (Lipinski definition) is 17. The van der Waals surface area contributed by atoms with Crippen LogP contribution in [-0.2, 0) is 52.3 Å². The van der Waals surface area contributed by atoms with E-state index in [2.05, 4.69) is 11.7 Å². The zero-order valence-electron chi connectivity index (χ0n) is 37.7. The molecule has 3 aliphatic rings. The van der Waals surface area contributed by atoms with Crippen molar-refractivity contribution in [3.63, 3.8) is 0 Å². The molecule has 342 valence electrons. The predicted molar refractivity (Wildman–Crippen MR) is 216 cm³/mol. The van der Waals surface area contributed by atoms with Crippen molar-refractivity contribution in [3.05, 3.63) is 12.7 Å². The first kappa shape index (κ1) is 51.1. The monoisotopic (exact) mass is 847 g/mol. The van der Waals surface area contributed by atoms with Gasteiger partial charge in [-0.2, -0.15) is 0 Å². The second-order valence-corrected chi connectivity index (χ2v) is 17.7. The molecule has 0 radical (unpaired) electrons. The van der Waals surface area contributed by atoms with Crippen LogP contribution in [0.15, 0.2) is 17.8 Å². The minimum atomic E-state index is -1.97. The van der Waals surface area contributed by atoms with E-state index in [4.69, 9.17) is 42.7 Å². The summed E-state index contributed by atoms with van der Waals surface area (Å²) in [6.07, 6.45) is -8.58. The maximum Gasteiger partial charge on any atom is 0.330 e. The van der Waals surface area contributed by atoms with E-state index < -0.39 is 108 Å². The number of cyclic esters (lactones) is 1. The molecule has 0 aromatic rings. The summed E-state index contributed by atoms with van der Waals surface area (Å²) in [4.78, 5) is 34.0. The molecule has 3 saturated heterocycles. The van der Waals surface area contributed by atoms with Crippen LogP contribution >= 0.6 is 0 Å². The van der Waals surface area contributed by atoms with E-state index >= 15 is 0 Å². The van der Waals surface area contributed by atoms with Gasteiger partial charge in [0.2, 0.25) is 6.79 Å². The van der Waals surface area contributed by atoms with Crippen LogP contribution in [-0.4, -0.2) is 162 Å². The lowest BCUT2D eigenvalue weighted by molar-refractivity contribution is -0.318. The van der Waals surface area contributed by atoms with E-state index in [-0.39, 0.29) is 38.2 Å². The summed E-state index contributed by atoms with van der Waals surface area (Å²) in [5, 5.41) is 52.5. The molecule has 0 aromatic heterocycles. The number of nitrogens with zero attached hydrogens (tertiary/aromatic N) is 2. The molecule has 0 saturated carbocycles. The highest BCUT2D eigenvalue weighted by molar-refractivity contribution is 5.88. The number of rotatable bonds is 12. The van der Waals surface area contributed by atoms with E-state index in [0.29, 0.717) is 12.1 Å². The summed E-state index contributed by atoms with van der Waals surface area (Å²) in [5.41, 5.74) is -4.56. The van der Waals surface area contributed by atoms with Crippen molar-refractivity contribution in [1.82, 2.24) is 4.90 Å². The zero-order chi connectivity index (χ0) is 44.8. The topological polar surface area (TPSA) is 214 Å². The number of aliphatic hydroxyl groups excluding tert-OH is 2. The van der Waals surface area contributed by atoms with Crippen molar-refractivity contribution in [3.8, 4) is 0 Å². The molecule has 3 fully saturated rings. The third kappa shape index (κ3) is 12.0. The van der Waals surface area contributed by atoms with Crippen LogP contribution < -0.4 is 0 Å². The molecule has 0 unspecified atom stereocenters. The number of carbonyl (C=O) groups is 2. The smallest absolute Gasteiger partial charge is 0.330 e. The molecule has 3 heterocycles. The number of methoxy groups -OCH3 is 2. The van der Waals surface area contributed by atoms with Crippen LogP contribution in [0.3, 0.4) is 0 Å². The molecular weight excluding hydrogens is 772 g/mol. The second-order valence-electron chi connectivity index (χ2n) is 17.7. The number of esters is 2. The van der Waals surface area contributed by atoms with Gasteiger partial charge in [0, 0.05) is 50.5 Å². The predicted octanol–water partition coefficient (Wildman–Crippen LogP) is 2.93. The number of ether oxygens (including phenoxy) is 8. The molecule has 0 amide bonds. The first-order valence-corrected chi connectivity index (χ1v) is 20.8. The summed E-state index contributed by atoms with van der Waals surface area (Å²) >= 11 is 0. The molecule has 3 aliphatic heterocycles. The van der Waals surface area contributed by atoms with Gasteiger partial charge < -0.3 is 68.1 Å². The van der Waals surface area contributed by atoms with Gasteiger partial charge in [-0.3, -0.25) is 4.79 Å². The Morgan fingerprint density at radius 3 is 2.19 bits per heavy atom. The van der Waals surface area contributed by atoms with Crippen molar-refractivity contribution >= 4 is 17.7 Å². The van der Waals surface area contributed by atoms with Gasteiger partial charge in [-0.15, -0.1) is 0 Å². The van der Waals surface area contributed by atoms with Gasteiger partial charge in [0.15, 0.2) is 18.7 Å². The highest BCUT2D eigenvalue weighted by atomic mass is 16.7. The fourth-order valence-electron chi connectivity index (χ4n) is 9.13. The zero-order valence-corrected chi connectivity index (χ0v) is 37.7. The molecule has 0 spiro atoms. The van der Waals surface area contributed by atoms with Gasteiger partial charge >= 0.3 is 11.9 Å². The Bertz CT molecular complexity index is 1410. The van der Waals surface area contributed by atoms with Gasteiger partial charge in [0.1, 0.15) is 23.4 Å². The highest BCUT2D eigenvalue weighted by Crippen LogP contribution is 2.41. The number of aliphatic hydroxyl groups is 4. The average Bonchev–Trinajstić information content (AvgIpc) is 3.16. The van der Waals surface area contributed by atoms with E-state index in [1.54, 1.807) is 55.4 Å². The molecule has 17 heteroatoms. The summed E-state index contributed by atoms with van der Waals surface area (Å²) in [6, 6.07) is -0.341. The summed E-state index contributed by atoms with van der Waals surface area (Å²) in [6.45, 7) is 20.2. The van der Waals surface area contributed by atoms with Gasteiger partial charge in [-0.1, -0.05) is 39.4 Å². The lowest BCUT2D eigenvalue weighted by Gasteiger charge is -2.49. The van der Waals surface area contributed by atoms with Gasteiger partial charge in [0.05, 0.1) is 47.8 Å². The van der Waals surface area contributed by atoms with Gasteiger partial charge in [0.25, 0.3) is 0 Å². The normalized spacial score (nSPS) is 45.0. The van der Waals surface area contributed by atoms with Crippen LogP contribution in [0.4, 0.5) is 0 Å². The molecule has 0 bridgehead atoms. The Hall–Kier alpha value is -2.29. The Balaban J connectivity index is 2.25. The number of likely N-dealkylation sites (N-methyl/N-ethyl adjacent to an activating group) is 1. The summed E-state index contributed by atoms with van der Waals surface area (Å²) in [5.74, 6) is -4.87. The van der Waals surface area contributed by atoms with Crippen LogP contribution in [0, 0.1) is 23.7 Å². The fourth-order valence-corrected chi connectivity index (χ4v) is 9.13. The first-order valence-electron chi connectivity index (χ1n) is 20.8. The van der Waals surface area contributed by atoms with Crippen LogP contribution in [0.25, 0.3) is 0 Å². The number of oxime groups is 1. The minimum Gasteiger partial charge on any atom is -0.459 e. The third-order valence-electron chi connectivity index (χ3n) is 12.6. The van der Waals surface area contributed by atoms with Crippen LogP contribution in [0.2, 0.25) is 0 Å². The van der Waals surface area contributed by atoms with Crippen molar-refractivity contribution in [2.24, 2.45) is 28.8 Å². The molecule has 4 N–H and O–H groups in total. The number of hydrogen-bond donors (Lipinski definition) is 4. The second kappa shape index (κ2) is 21.2. The first-order chi connectivity index (χ1) is 27.4. The Morgan fingerprint density at radius 2 is 1.63 bits per heavy atom. The van der Waals surface area contributed by atoms with Crippen LogP contribution in [0.5, 0.6) is 0 Å². The Labute approximate surface area is 350 Å². The van der Waals surface area contributed by atoms with E-state index in [0.717, 1.165) is 6.08 Å². The molecule has 0 aliphatic carbocycles. The van der Waals surface area contributed by atoms with Gasteiger partial charge in [-0.25, -0.2) is 4.79 Å². The lowest BCUT2D eigenvalue weighted by atomic mass is 9.73. The van der Waals surface area contributed by atoms with Crippen molar-refractivity contribution in [1.29, 1.82) is 0 Å². The quantitative estimate of drug-likeness (QED) is 0.0731. The maximum atomic E-state index is 14.4. The minimum absolute atomic E-state index is 0.0380. The molecule has 17 nitrogen and oxygen atoms in total. The lowest BCUT2D eigenvalue weighted by Crippen LogP contribution is -2.61. The van der Waals surface area contributed by atoms with Gasteiger partial charge in [-0.05, 0) is 74.9 Å². The largest absolute Gasteiger partial charge is 0.459 e.